The Labute approximate surface area is 101 Å². The van der Waals surface area contributed by atoms with Crippen LogP contribution < -0.4 is 0 Å². The van der Waals surface area contributed by atoms with Crippen molar-refractivity contribution in [1.82, 2.24) is 14.5 Å². The average molecular weight is 259 g/mol. The second-order valence-electron chi connectivity index (χ2n) is 4.20. The lowest BCUT2D eigenvalue weighted by atomic mass is 10.2. The highest BCUT2D eigenvalue weighted by molar-refractivity contribution is 7.89. The third kappa shape index (κ3) is 2.51. The summed E-state index contributed by atoms with van der Waals surface area (Å²) in [4.78, 5) is 0. The van der Waals surface area contributed by atoms with Gasteiger partial charge in [0.25, 0.3) is 10.0 Å². The molecule has 0 atom stereocenters. The Hall–Kier alpha value is -0.920. The van der Waals surface area contributed by atoms with Crippen LogP contribution in [-0.2, 0) is 10.0 Å². The molecule has 1 aromatic rings. The van der Waals surface area contributed by atoms with Crippen LogP contribution in [-0.4, -0.2) is 47.2 Å². The number of hydrogen-bond acceptors (Lipinski definition) is 4. The van der Waals surface area contributed by atoms with E-state index in [2.05, 4.69) is 10.2 Å². The number of aliphatic hydroxyl groups excluding tert-OH is 1. The van der Waals surface area contributed by atoms with Gasteiger partial charge in [-0.15, -0.1) is 0 Å². The molecule has 0 aliphatic heterocycles. The Balaban J connectivity index is 2.26. The Morgan fingerprint density at radius 3 is 2.71 bits per heavy atom. The molecule has 6 nitrogen and oxygen atoms in total. The molecule has 1 fully saturated rings. The lowest BCUT2D eigenvalue weighted by Crippen LogP contribution is -2.40. The molecule has 0 spiro atoms. The van der Waals surface area contributed by atoms with Gasteiger partial charge in [-0.1, -0.05) is 12.8 Å². The predicted octanol–water partition coefficient (Wildman–Crippen LogP) is 0.335. The molecular formula is C10H17N3O3S. The van der Waals surface area contributed by atoms with E-state index in [-0.39, 0.29) is 24.2 Å². The number of aromatic nitrogens is 2. The first-order valence-corrected chi connectivity index (χ1v) is 7.22. The van der Waals surface area contributed by atoms with E-state index in [1.807, 2.05) is 0 Å². The number of aliphatic hydroxyl groups is 1. The van der Waals surface area contributed by atoms with Crippen molar-refractivity contribution in [3.8, 4) is 0 Å². The zero-order valence-corrected chi connectivity index (χ0v) is 10.4. The van der Waals surface area contributed by atoms with Gasteiger partial charge in [-0.25, -0.2) is 8.42 Å². The summed E-state index contributed by atoms with van der Waals surface area (Å²) in [5, 5.41) is 15.3. The molecule has 0 aromatic carbocycles. The van der Waals surface area contributed by atoms with Gasteiger partial charge < -0.3 is 5.11 Å². The Morgan fingerprint density at radius 1 is 1.47 bits per heavy atom. The van der Waals surface area contributed by atoms with Crippen LogP contribution in [0.5, 0.6) is 0 Å². The molecule has 0 bridgehead atoms. The number of nitrogens with zero attached hydrogens (tertiary/aromatic N) is 2. The molecule has 0 radical (unpaired) electrons. The molecule has 96 valence electrons. The van der Waals surface area contributed by atoms with Crippen molar-refractivity contribution in [1.29, 1.82) is 0 Å². The van der Waals surface area contributed by atoms with E-state index in [0.717, 1.165) is 25.7 Å². The van der Waals surface area contributed by atoms with E-state index >= 15 is 0 Å². The predicted molar refractivity (Wildman–Crippen MR) is 61.8 cm³/mol. The van der Waals surface area contributed by atoms with Crippen molar-refractivity contribution in [3.63, 3.8) is 0 Å². The molecule has 1 aromatic heterocycles. The first kappa shape index (κ1) is 12.5. The fourth-order valence-corrected chi connectivity index (χ4v) is 3.88. The van der Waals surface area contributed by atoms with Crippen LogP contribution in [0.15, 0.2) is 17.3 Å². The maximum Gasteiger partial charge on any atom is 0.260 e. The van der Waals surface area contributed by atoms with Crippen LogP contribution >= 0.6 is 0 Å². The SMILES string of the molecule is O=S(=O)(c1ccn[nH]1)N(CCO)C1CCCC1. The molecule has 1 saturated carbocycles. The van der Waals surface area contributed by atoms with Crippen LogP contribution in [0, 0.1) is 0 Å². The fourth-order valence-electron chi connectivity index (χ4n) is 2.30. The highest BCUT2D eigenvalue weighted by Gasteiger charge is 2.33. The molecule has 7 heteroatoms. The number of rotatable bonds is 5. The summed E-state index contributed by atoms with van der Waals surface area (Å²) >= 11 is 0. The van der Waals surface area contributed by atoms with Gasteiger partial charge in [0.2, 0.25) is 0 Å². The zero-order valence-electron chi connectivity index (χ0n) is 9.54. The first-order chi connectivity index (χ1) is 8.16. The highest BCUT2D eigenvalue weighted by Crippen LogP contribution is 2.27. The second kappa shape index (κ2) is 5.16. The van der Waals surface area contributed by atoms with Gasteiger partial charge in [0.15, 0.2) is 5.03 Å². The van der Waals surface area contributed by atoms with E-state index in [1.54, 1.807) is 0 Å². The van der Waals surface area contributed by atoms with Gasteiger partial charge in [-0.05, 0) is 18.9 Å². The molecule has 0 amide bonds. The fraction of sp³-hybridized carbons (Fsp3) is 0.700. The van der Waals surface area contributed by atoms with Crippen molar-refractivity contribution in [2.24, 2.45) is 0 Å². The summed E-state index contributed by atoms with van der Waals surface area (Å²) in [6.45, 7) is -0.0180. The maximum absolute atomic E-state index is 12.3. The van der Waals surface area contributed by atoms with Crippen molar-refractivity contribution in [2.45, 2.75) is 36.8 Å². The van der Waals surface area contributed by atoms with E-state index in [1.165, 1.54) is 16.6 Å². The van der Waals surface area contributed by atoms with Crippen molar-refractivity contribution in [2.75, 3.05) is 13.2 Å². The molecule has 17 heavy (non-hydrogen) atoms. The summed E-state index contributed by atoms with van der Waals surface area (Å²) in [6.07, 6.45) is 5.25. The molecule has 1 heterocycles. The van der Waals surface area contributed by atoms with Crippen LogP contribution in [0.3, 0.4) is 0 Å². The largest absolute Gasteiger partial charge is 0.395 e. The lowest BCUT2D eigenvalue weighted by molar-refractivity contribution is 0.226. The van der Waals surface area contributed by atoms with E-state index in [0.29, 0.717) is 0 Å². The minimum atomic E-state index is -3.55. The summed E-state index contributed by atoms with van der Waals surface area (Å²) in [6, 6.07) is 1.45. The lowest BCUT2D eigenvalue weighted by Gasteiger charge is -2.26. The first-order valence-electron chi connectivity index (χ1n) is 5.78. The third-order valence-corrected chi connectivity index (χ3v) is 5.00. The van der Waals surface area contributed by atoms with Gasteiger partial charge in [0.05, 0.1) is 12.8 Å². The van der Waals surface area contributed by atoms with Crippen molar-refractivity contribution >= 4 is 10.0 Å². The molecule has 2 rings (SSSR count). The number of nitrogens with one attached hydrogen (secondary N) is 1. The Bertz CT molecular complexity index is 437. The second-order valence-corrected chi connectivity index (χ2v) is 6.06. The standard InChI is InChI=1S/C10H17N3O3S/c14-8-7-13(9-3-1-2-4-9)17(15,16)10-5-6-11-12-10/h5-6,9,14H,1-4,7-8H2,(H,11,12). The van der Waals surface area contributed by atoms with Gasteiger partial charge >= 0.3 is 0 Å². The normalized spacial score (nSPS) is 18.0. The van der Waals surface area contributed by atoms with Crippen LogP contribution in [0.25, 0.3) is 0 Å². The average Bonchev–Trinajstić information content (AvgIpc) is 2.97. The number of H-pyrrole nitrogens is 1. The summed E-state index contributed by atoms with van der Waals surface area (Å²) in [7, 11) is -3.55. The Morgan fingerprint density at radius 2 is 2.18 bits per heavy atom. The molecule has 0 unspecified atom stereocenters. The molecule has 0 saturated heterocycles. The van der Waals surface area contributed by atoms with Crippen molar-refractivity contribution < 1.29 is 13.5 Å². The minimum absolute atomic E-state index is 0.00968. The molecule has 1 aliphatic carbocycles. The number of hydrogen-bond donors (Lipinski definition) is 2. The smallest absolute Gasteiger partial charge is 0.260 e. The topological polar surface area (TPSA) is 86.3 Å². The van der Waals surface area contributed by atoms with Gasteiger partial charge in [0.1, 0.15) is 0 Å². The third-order valence-electron chi connectivity index (χ3n) is 3.11. The van der Waals surface area contributed by atoms with Gasteiger partial charge in [-0.3, -0.25) is 5.10 Å². The van der Waals surface area contributed by atoms with Crippen LogP contribution in [0.2, 0.25) is 0 Å². The highest BCUT2D eigenvalue weighted by atomic mass is 32.2. The van der Waals surface area contributed by atoms with Gasteiger partial charge in [-0.2, -0.15) is 9.40 Å². The number of aromatic amines is 1. The summed E-state index contributed by atoms with van der Waals surface area (Å²) in [5.41, 5.74) is 0. The van der Waals surface area contributed by atoms with Crippen LogP contribution in [0.1, 0.15) is 25.7 Å². The maximum atomic E-state index is 12.3. The summed E-state index contributed by atoms with van der Waals surface area (Å²) < 4.78 is 26.0. The van der Waals surface area contributed by atoms with Crippen molar-refractivity contribution in [3.05, 3.63) is 12.3 Å². The van der Waals surface area contributed by atoms with E-state index in [4.69, 9.17) is 5.11 Å². The summed E-state index contributed by atoms with van der Waals surface area (Å²) in [5.74, 6) is 0. The Kier molecular flexibility index (Phi) is 3.80. The molecule has 2 N–H and O–H groups in total. The molecule has 1 aliphatic rings. The molecular weight excluding hydrogens is 242 g/mol. The quantitative estimate of drug-likeness (QED) is 0.798. The number of sulfonamides is 1. The minimum Gasteiger partial charge on any atom is -0.395 e. The van der Waals surface area contributed by atoms with Gasteiger partial charge in [0, 0.05) is 12.6 Å². The van der Waals surface area contributed by atoms with E-state index < -0.39 is 10.0 Å². The monoisotopic (exact) mass is 259 g/mol. The zero-order chi connectivity index (χ0) is 12.3. The van der Waals surface area contributed by atoms with Crippen LogP contribution in [0.4, 0.5) is 0 Å². The van der Waals surface area contributed by atoms with E-state index in [9.17, 15) is 8.42 Å².